The Morgan fingerprint density at radius 2 is 2.05 bits per heavy atom. The second-order valence-electron chi connectivity index (χ2n) is 6.08. The van der Waals surface area contributed by atoms with E-state index >= 15 is 0 Å². The third-order valence-electron chi connectivity index (χ3n) is 4.42. The van der Waals surface area contributed by atoms with Crippen LogP contribution in [0.4, 0.5) is 0 Å². The van der Waals surface area contributed by atoms with Gasteiger partial charge in [0.25, 0.3) is 0 Å². The monoisotopic (exact) mass is 330 g/mol. The number of rotatable bonds is 6. The third-order valence-corrected chi connectivity index (χ3v) is 7.56. The van der Waals surface area contributed by atoms with Crippen molar-refractivity contribution in [2.24, 2.45) is 11.8 Å². The van der Waals surface area contributed by atoms with E-state index in [4.69, 9.17) is 0 Å². The molecule has 120 valence electrons. The lowest BCUT2D eigenvalue weighted by molar-refractivity contribution is 0.257. The van der Waals surface area contributed by atoms with Crippen LogP contribution in [0.3, 0.4) is 0 Å². The van der Waals surface area contributed by atoms with Crippen LogP contribution in [0.5, 0.6) is 0 Å². The fraction of sp³-hybridized carbons (Fsp3) is 0.733. The van der Waals surface area contributed by atoms with E-state index in [1.165, 1.54) is 30.6 Å². The van der Waals surface area contributed by atoms with Crippen molar-refractivity contribution in [2.75, 3.05) is 13.6 Å². The number of aryl methyl sites for hydroxylation is 1. The van der Waals surface area contributed by atoms with E-state index in [1.54, 1.807) is 6.07 Å². The lowest BCUT2D eigenvalue weighted by Crippen LogP contribution is -2.33. The van der Waals surface area contributed by atoms with E-state index in [-0.39, 0.29) is 0 Å². The summed E-state index contributed by atoms with van der Waals surface area (Å²) in [7, 11) is -1.49. The van der Waals surface area contributed by atoms with Gasteiger partial charge in [0, 0.05) is 18.0 Å². The average molecular weight is 331 g/mol. The van der Waals surface area contributed by atoms with E-state index < -0.39 is 10.0 Å². The van der Waals surface area contributed by atoms with Gasteiger partial charge in [0.1, 0.15) is 4.21 Å². The molecule has 0 amide bonds. The molecule has 1 aliphatic rings. The van der Waals surface area contributed by atoms with Crippen LogP contribution in [0, 0.1) is 18.8 Å². The first kappa shape index (κ1) is 16.9. The van der Waals surface area contributed by atoms with Crippen LogP contribution in [0.1, 0.15) is 43.0 Å². The van der Waals surface area contributed by atoms with Crippen LogP contribution < -0.4 is 10.0 Å². The SMILES string of the molecule is CNCc1sc(S(=O)(=O)NCC2CCCCC2C)cc1C. The van der Waals surface area contributed by atoms with Gasteiger partial charge in [-0.25, -0.2) is 13.1 Å². The molecular formula is C15H26N2O2S2. The Labute approximate surface area is 132 Å². The number of hydrogen-bond donors (Lipinski definition) is 2. The first-order chi connectivity index (χ1) is 9.94. The molecule has 0 saturated heterocycles. The predicted octanol–water partition coefficient (Wildman–Crippen LogP) is 2.88. The highest BCUT2D eigenvalue weighted by atomic mass is 32.2. The molecule has 1 aromatic rings. The van der Waals surface area contributed by atoms with E-state index in [1.807, 2.05) is 14.0 Å². The first-order valence-corrected chi connectivity index (χ1v) is 9.97. The van der Waals surface area contributed by atoms with Crippen LogP contribution in [0.25, 0.3) is 0 Å². The molecule has 1 saturated carbocycles. The summed E-state index contributed by atoms with van der Waals surface area (Å²) < 4.78 is 28.1. The summed E-state index contributed by atoms with van der Waals surface area (Å²) in [5.74, 6) is 1.10. The minimum absolute atomic E-state index is 0.439. The summed E-state index contributed by atoms with van der Waals surface area (Å²) in [6, 6.07) is 1.78. The zero-order chi connectivity index (χ0) is 15.5. The molecule has 21 heavy (non-hydrogen) atoms. The second kappa shape index (κ2) is 7.22. The highest BCUT2D eigenvalue weighted by molar-refractivity contribution is 7.91. The minimum Gasteiger partial charge on any atom is -0.315 e. The van der Waals surface area contributed by atoms with E-state index in [0.29, 0.717) is 29.1 Å². The van der Waals surface area contributed by atoms with Crippen molar-refractivity contribution in [1.82, 2.24) is 10.0 Å². The minimum atomic E-state index is -3.36. The van der Waals surface area contributed by atoms with E-state index in [0.717, 1.165) is 16.9 Å². The van der Waals surface area contributed by atoms with Crippen molar-refractivity contribution < 1.29 is 8.42 Å². The maximum atomic E-state index is 12.4. The molecule has 2 rings (SSSR count). The number of hydrogen-bond acceptors (Lipinski definition) is 4. The highest BCUT2D eigenvalue weighted by Gasteiger charge is 2.25. The molecule has 0 bridgehead atoms. The largest absolute Gasteiger partial charge is 0.315 e. The molecule has 1 fully saturated rings. The Balaban J connectivity index is 2.02. The Morgan fingerprint density at radius 3 is 2.71 bits per heavy atom. The van der Waals surface area contributed by atoms with Crippen LogP contribution in [-0.2, 0) is 16.6 Å². The summed E-state index contributed by atoms with van der Waals surface area (Å²) in [4.78, 5) is 1.09. The zero-order valence-corrected chi connectivity index (χ0v) is 14.7. The lowest BCUT2D eigenvalue weighted by Gasteiger charge is -2.28. The fourth-order valence-corrected chi connectivity index (χ4v) is 5.68. The van der Waals surface area contributed by atoms with Crippen LogP contribution >= 0.6 is 11.3 Å². The molecule has 2 unspecified atom stereocenters. The second-order valence-corrected chi connectivity index (χ2v) is 9.21. The summed E-state index contributed by atoms with van der Waals surface area (Å²) in [6.45, 7) is 5.48. The lowest BCUT2D eigenvalue weighted by atomic mass is 9.81. The number of thiophene rings is 1. The van der Waals surface area contributed by atoms with Crippen molar-refractivity contribution in [3.63, 3.8) is 0 Å². The maximum absolute atomic E-state index is 12.4. The first-order valence-electron chi connectivity index (χ1n) is 7.67. The van der Waals surface area contributed by atoms with E-state index in [9.17, 15) is 8.42 Å². The highest BCUT2D eigenvalue weighted by Crippen LogP contribution is 2.30. The molecule has 2 atom stereocenters. The van der Waals surface area contributed by atoms with Gasteiger partial charge >= 0.3 is 0 Å². The smallest absolute Gasteiger partial charge is 0.250 e. The standard InChI is InChI=1S/C15H26N2O2S2/c1-11-6-4-5-7-13(11)9-17-21(18,19)15-8-12(2)14(20-15)10-16-3/h8,11,13,16-17H,4-7,9-10H2,1-3H3. The molecule has 1 heterocycles. The normalized spacial score (nSPS) is 23.4. The third kappa shape index (κ3) is 4.28. The summed E-state index contributed by atoms with van der Waals surface area (Å²) in [5.41, 5.74) is 1.04. The zero-order valence-electron chi connectivity index (χ0n) is 13.1. The van der Waals surface area contributed by atoms with Gasteiger partial charge in [0.15, 0.2) is 0 Å². The molecule has 4 nitrogen and oxygen atoms in total. The quantitative estimate of drug-likeness (QED) is 0.843. The van der Waals surface area contributed by atoms with Gasteiger partial charge in [0.2, 0.25) is 10.0 Å². The van der Waals surface area contributed by atoms with Gasteiger partial charge in [-0.2, -0.15) is 0 Å². The van der Waals surface area contributed by atoms with Crippen LogP contribution in [-0.4, -0.2) is 22.0 Å². The molecule has 0 spiro atoms. The molecule has 0 aromatic carbocycles. The van der Waals surface area contributed by atoms with Gasteiger partial charge < -0.3 is 5.32 Å². The van der Waals surface area contributed by atoms with Gasteiger partial charge in [-0.3, -0.25) is 0 Å². The summed E-state index contributed by atoms with van der Waals surface area (Å²) in [5, 5.41) is 3.07. The molecule has 2 N–H and O–H groups in total. The Morgan fingerprint density at radius 1 is 1.33 bits per heavy atom. The summed E-state index contributed by atoms with van der Waals surface area (Å²) >= 11 is 1.37. The van der Waals surface area contributed by atoms with Gasteiger partial charge in [0.05, 0.1) is 0 Å². The van der Waals surface area contributed by atoms with Crippen molar-refractivity contribution in [1.29, 1.82) is 0 Å². The molecule has 0 radical (unpaired) electrons. The molecule has 0 aliphatic heterocycles. The predicted molar refractivity (Wildman–Crippen MR) is 88.1 cm³/mol. The summed E-state index contributed by atoms with van der Waals surface area (Å²) in [6.07, 6.45) is 4.86. The van der Waals surface area contributed by atoms with Crippen LogP contribution in [0.15, 0.2) is 10.3 Å². The number of nitrogens with one attached hydrogen (secondary N) is 2. The molecule has 1 aliphatic carbocycles. The fourth-order valence-electron chi connectivity index (χ4n) is 2.94. The van der Waals surface area contributed by atoms with E-state index in [2.05, 4.69) is 17.0 Å². The Bertz CT molecular complexity index is 566. The van der Waals surface area contributed by atoms with Crippen molar-refractivity contribution in [3.8, 4) is 0 Å². The molecule has 1 aromatic heterocycles. The van der Waals surface area contributed by atoms with Crippen molar-refractivity contribution in [3.05, 3.63) is 16.5 Å². The number of sulfonamides is 1. The van der Waals surface area contributed by atoms with Gasteiger partial charge in [-0.1, -0.05) is 26.2 Å². The van der Waals surface area contributed by atoms with Crippen molar-refractivity contribution >= 4 is 21.4 Å². The van der Waals surface area contributed by atoms with Crippen molar-refractivity contribution in [2.45, 2.75) is 50.3 Å². The van der Waals surface area contributed by atoms with Crippen LogP contribution in [0.2, 0.25) is 0 Å². The topological polar surface area (TPSA) is 58.2 Å². The van der Waals surface area contributed by atoms with Gasteiger partial charge in [-0.05, 0) is 43.9 Å². The Kier molecular flexibility index (Phi) is 5.82. The Hall–Kier alpha value is -0.430. The maximum Gasteiger partial charge on any atom is 0.250 e. The molecule has 6 heteroatoms. The van der Waals surface area contributed by atoms with Gasteiger partial charge in [-0.15, -0.1) is 11.3 Å². The average Bonchev–Trinajstić information content (AvgIpc) is 2.81. The molecular weight excluding hydrogens is 304 g/mol.